The first-order valence-electron chi connectivity index (χ1n) is 9.74. The Labute approximate surface area is 172 Å². The van der Waals surface area contributed by atoms with Gasteiger partial charge in [0.1, 0.15) is 0 Å². The van der Waals surface area contributed by atoms with Crippen molar-refractivity contribution >= 4 is 17.6 Å². The summed E-state index contributed by atoms with van der Waals surface area (Å²) in [6.07, 6.45) is 2.20. The van der Waals surface area contributed by atoms with E-state index in [1.54, 1.807) is 7.05 Å². The monoisotopic (exact) mass is 401 g/mol. The predicted octanol–water partition coefficient (Wildman–Crippen LogP) is 3.87. The van der Waals surface area contributed by atoms with Gasteiger partial charge < -0.3 is 20.1 Å². The van der Waals surface area contributed by atoms with Crippen LogP contribution in [0.1, 0.15) is 18.4 Å². The van der Waals surface area contributed by atoms with E-state index >= 15 is 0 Å². The third-order valence-corrected chi connectivity index (χ3v) is 4.95. The van der Waals surface area contributed by atoms with Crippen molar-refractivity contribution in [1.29, 1.82) is 0 Å². The number of guanidine groups is 1. The summed E-state index contributed by atoms with van der Waals surface area (Å²) in [5.74, 6) is 0.787. The van der Waals surface area contributed by atoms with Crippen LogP contribution in [0.15, 0.2) is 53.5 Å². The normalized spacial score (nSPS) is 16.9. The Kier molecular flexibility index (Phi) is 8.15. The molecule has 0 aromatic heterocycles. The second-order valence-electron chi connectivity index (χ2n) is 6.73. The van der Waals surface area contributed by atoms with Gasteiger partial charge in [0.15, 0.2) is 5.96 Å². The van der Waals surface area contributed by atoms with Crippen LogP contribution in [0.4, 0.5) is 0 Å². The Balaban J connectivity index is 1.46. The molecule has 0 saturated carbocycles. The molecule has 1 aliphatic heterocycles. The predicted molar refractivity (Wildman–Crippen MR) is 115 cm³/mol. The van der Waals surface area contributed by atoms with Crippen LogP contribution in [-0.2, 0) is 16.0 Å². The van der Waals surface area contributed by atoms with Crippen molar-refractivity contribution in [2.45, 2.75) is 25.5 Å². The van der Waals surface area contributed by atoms with Gasteiger partial charge in [0.25, 0.3) is 0 Å². The summed E-state index contributed by atoms with van der Waals surface area (Å²) in [6.45, 7) is 3.78. The fourth-order valence-corrected chi connectivity index (χ4v) is 3.28. The van der Waals surface area contributed by atoms with Crippen LogP contribution in [-0.4, -0.2) is 45.5 Å². The summed E-state index contributed by atoms with van der Waals surface area (Å²) in [4.78, 5) is 4.31. The van der Waals surface area contributed by atoms with Gasteiger partial charge >= 0.3 is 0 Å². The smallest absolute Gasteiger partial charge is 0.191 e. The molecule has 0 amide bonds. The van der Waals surface area contributed by atoms with Crippen molar-refractivity contribution in [2.24, 2.45) is 4.99 Å². The van der Waals surface area contributed by atoms with Gasteiger partial charge in [-0.15, -0.1) is 0 Å². The van der Waals surface area contributed by atoms with E-state index in [-0.39, 0.29) is 6.10 Å². The standard InChI is InChI=1S/C22H28ClN3O2/c1-24-22(25-12-4-13-28-20-11-14-27-16-20)26-15-18-5-2-3-6-21(18)17-7-9-19(23)10-8-17/h2-3,5-10,20H,4,11-16H2,1H3,(H2,24,25,26). The Morgan fingerprint density at radius 3 is 2.75 bits per heavy atom. The zero-order valence-corrected chi connectivity index (χ0v) is 17.0. The number of nitrogens with zero attached hydrogens (tertiary/aromatic N) is 1. The molecule has 0 spiro atoms. The Morgan fingerprint density at radius 1 is 1.18 bits per heavy atom. The summed E-state index contributed by atoms with van der Waals surface area (Å²) in [7, 11) is 1.78. The second kappa shape index (κ2) is 11.1. The SMILES string of the molecule is CN=C(NCCCOC1CCOC1)NCc1ccccc1-c1ccc(Cl)cc1. The van der Waals surface area contributed by atoms with Crippen molar-refractivity contribution in [3.8, 4) is 11.1 Å². The van der Waals surface area contributed by atoms with E-state index in [4.69, 9.17) is 21.1 Å². The zero-order chi connectivity index (χ0) is 19.6. The first-order chi connectivity index (χ1) is 13.8. The van der Waals surface area contributed by atoms with E-state index in [1.807, 2.05) is 24.3 Å². The van der Waals surface area contributed by atoms with Gasteiger partial charge in [-0.05, 0) is 41.7 Å². The van der Waals surface area contributed by atoms with Gasteiger partial charge in [-0.25, -0.2) is 0 Å². The van der Waals surface area contributed by atoms with E-state index in [9.17, 15) is 0 Å². The van der Waals surface area contributed by atoms with Gasteiger partial charge in [-0.3, -0.25) is 4.99 Å². The molecule has 1 unspecified atom stereocenters. The largest absolute Gasteiger partial charge is 0.379 e. The molecule has 150 valence electrons. The summed E-state index contributed by atoms with van der Waals surface area (Å²) in [5.41, 5.74) is 3.55. The molecule has 1 atom stereocenters. The summed E-state index contributed by atoms with van der Waals surface area (Å²) in [6, 6.07) is 16.3. The van der Waals surface area contributed by atoms with Crippen molar-refractivity contribution in [3.63, 3.8) is 0 Å². The molecule has 5 nitrogen and oxygen atoms in total. The van der Waals surface area contributed by atoms with Crippen molar-refractivity contribution in [2.75, 3.05) is 33.4 Å². The lowest BCUT2D eigenvalue weighted by atomic mass is 10.00. The third-order valence-electron chi connectivity index (χ3n) is 4.70. The quantitative estimate of drug-likeness (QED) is 0.400. The molecule has 2 N–H and O–H groups in total. The van der Waals surface area contributed by atoms with Crippen LogP contribution in [0.2, 0.25) is 5.02 Å². The molecular weight excluding hydrogens is 374 g/mol. The summed E-state index contributed by atoms with van der Waals surface area (Å²) in [5, 5.41) is 7.48. The molecule has 2 aromatic rings. The number of benzene rings is 2. The molecule has 1 aliphatic rings. The molecule has 1 heterocycles. The van der Waals surface area contributed by atoms with Crippen LogP contribution in [0.5, 0.6) is 0 Å². The van der Waals surface area contributed by atoms with E-state index < -0.39 is 0 Å². The van der Waals surface area contributed by atoms with Crippen LogP contribution < -0.4 is 10.6 Å². The number of nitrogens with one attached hydrogen (secondary N) is 2. The molecule has 6 heteroatoms. The lowest BCUT2D eigenvalue weighted by molar-refractivity contribution is 0.0420. The fraction of sp³-hybridized carbons (Fsp3) is 0.409. The van der Waals surface area contributed by atoms with Crippen molar-refractivity contribution in [3.05, 3.63) is 59.1 Å². The minimum Gasteiger partial charge on any atom is -0.379 e. The molecule has 0 bridgehead atoms. The highest BCUT2D eigenvalue weighted by Gasteiger charge is 2.15. The molecule has 1 fully saturated rings. The highest BCUT2D eigenvalue weighted by Crippen LogP contribution is 2.25. The number of aliphatic imine (C=N–C) groups is 1. The van der Waals surface area contributed by atoms with E-state index in [0.717, 1.165) is 55.8 Å². The minimum atomic E-state index is 0.266. The minimum absolute atomic E-state index is 0.266. The maximum Gasteiger partial charge on any atom is 0.191 e. The number of hydrogen-bond acceptors (Lipinski definition) is 3. The molecule has 28 heavy (non-hydrogen) atoms. The average Bonchev–Trinajstić information content (AvgIpc) is 3.24. The fourth-order valence-electron chi connectivity index (χ4n) is 3.16. The Morgan fingerprint density at radius 2 is 2.00 bits per heavy atom. The third kappa shape index (κ3) is 6.23. The van der Waals surface area contributed by atoms with Gasteiger partial charge in [0.05, 0.1) is 12.7 Å². The maximum absolute atomic E-state index is 6.02. The average molecular weight is 402 g/mol. The number of halogens is 1. The lowest BCUT2D eigenvalue weighted by Gasteiger charge is -2.15. The summed E-state index contributed by atoms with van der Waals surface area (Å²) < 4.78 is 11.1. The molecule has 0 radical (unpaired) electrons. The van der Waals surface area contributed by atoms with E-state index in [2.05, 4.69) is 39.9 Å². The molecule has 0 aliphatic carbocycles. The van der Waals surface area contributed by atoms with Crippen LogP contribution >= 0.6 is 11.6 Å². The topological polar surface area (TPSA) is 54.9 Å². The summed E-state index contributed by atoms with van der Waals surface area (Å²) >= 11 is 6.02. The number of ether oxygens (including phenoxy) is 2. The first-order valence-corrected chi connectivity index (χ1v) is 10.1. The molecular formula is C22H28ClN3O2. The van der Waals surface area contributed by atoms with Crippen LogP contribution in [0.3, 0.4) is 0 Å². The Bertz CT molecular complexity index is 759. The second-order valence-corrected chi connectivity index (χ2v) is 7.16. The van der Waals surface area contributed by atoms with E-state index in [1.165, 1.54) is 11.1 Å². The van der Waals surface area contributed by atoms with Crippen molar-refractivity contribution < 1.29 is 9.47 Å². The molecule has 1 saturated heterocycles. The highest BCUT2D eigenvalue weighted by atomic mass is 35.5. The maximum atomic E-state index is 6.02. The zero-order valence-electron chi connectivity index (χ0n) is 16.3. The van der Waals surface area contributed by atoms with Gasteiger partial charge in [0, 0.05) is 38.4 Å². The number of hydrogen-bond donors (Lipinski definition) is 2. The van der Waals surface area contributed by atoms with Crippen molar-refractivity contribution in [1.82, 2.24) is 10.6 Å². The molecule has 2 aromatic carbocycles. The van der Waals surface area contributed by atoms with Crippen LogP contribution in [0, 0.1) is 0 Å². The first kappa shape index (κ1) is 20.6. The Hall–Kier alpha value is -2.08. The van der Waals surface area contributed by atoms with Crippen LogP contribution in [0.25, 0.3) is 11.1 Å². The van der Waals surface area contributed by atoms with Gasteiger partial charge in [-0.1, -0.05) is 48.0 Å². The van der Waals surface area contributed by atoms with E-state index in [0.29, 0.717) is 6.54 Å². The lowest BCUT2D eigenvalue weighted by Crippen LogP contribution is -2.37. The van der Waals surface area contributed by atoms with Gasteiger partial charge in [0.2, 0.25) is 0 Å². The van der Waals surface area contributed by atoms with Gasteiger partial charge in [-0.2, -0.15) is 0 Å². The highest BCUT2D eigenvalue weighted by molar-refractivity contribution is 6.30. The number of rotatable bonds is 8. The molecule has 3 rings (SSSR count).